The van der Waals surface area contributed by atoms with E-state index < -0.39 is 0 Å². The molecule has 4 aromatic carbocycles. The minimum absolute atomic E-state index is 0.201. The molecule has 0 fully saturated rings. The van der Waals surface area contributed by atoms with E-state index in [2.05, 4.69) is 39.4 Å². The average Bonchev–Trinajstić information content (AvgIpc) is 3.55. The summed E-state index contributed by atoms with van der Waals surface area (Å²) in [5.41, 5.74) is 3.63. The molecule has 0 radical (unpaired) electrons. The Morgan fingerprint density at radius 3 is 1.43 bits per heavy atom. The van der Waals surface area contributed by atoms with Crippen LogP contribution in [0.5, 0.6) is 0 Å². The lowest BCUT2D eigenvalue weighted by atomic mass is 9.86. The third-order valence-electron chi connectivity index (χ3n) is 6.51. The van der Waals surface area contributed by atoms with Crippen molar-refractivity contribution in [3.8, 4) is 24.3 Å². The predicted molar refractivity (Wildman–Crippen MR) is 172 cm³/mol. The molecule has 0 aliphatic carbocycles. The molecule has 8 heteroatoms. The summed E-state index contributed by atoms with van der Waals surface area (Å²) in [6, 6.07) is 47.3. The molecule has 5 aromatic rings. The van der Waals surface area contributed by atoms with Crippen molar-refractivity contribution >= 4 is 49.5 Å². The molecule has 0 bridgehead atoms. The van der Waals surface area contributed by atoms with Crippen molar-refractivity contribution in [3.05, 3.63) is 150 Å². The summed E-state index contributed by atoms with van der Waals surface area (Å²) in [5, 5.41) is 49.5. The van der Waals surface area contributed by atoms with E-state index in [9.17, 15) is 21.0 Å². The Kier molecular flexibility index (Phi) is 9.11. The largest absolute Gasteiger partial charge is 0.302 e. The van der Waals surface area contributed by atoms with Crippen LogP contribution in [0.15, 0.2) is 149 Å². The second kappa shape index (κ2) is 13.9. The van der Waals surface area contributed by atoms with Crippen LogP contribution in [0.4, 0.5) is 27.1 Å². The van der Waals surface area contributed by atoms with Gasteiger partial charge in [-0.1, -0.05) is 90.2 Å². The van der Waals surface area contributed by atoms with E-state index in [-0.39, 0.29) is 22.3 Å². The fourth-order valence-corrected chi connectivity index (χ4v) is 5.43. The standard InChI is InChI=1S/C36H21N7S/c37-22-28(23-38)35(26-10-4-1-5-11-26)36(29(24-39)25-40)27-16-18-30(19-17-27)41-42-33-20-21-34(44-33)43(31-12-6-2-7-13-31)32-14-8-3-9-15-32/h1-21H. The summed E-state index contributed by atoms with van der Waals surface area (Å²) >= 11 is 1.50. The van der Waals surface area contributed by atoms with Crippen molar-refractivity contribution in [1.82, 2.24) is 0 Å². The van der Waals surface area contributed by atoms with Gasteiger partial charge >= 0.3 is 0 Å². The van der Waals surface area contributed by atoms with Crippen LogP contribution in [0, 0.1) is 45.3 Å². The second-order valence-electron chi connectivity index (χ2n) is 9.18. The Bertz CT molecular complexity index is 1960. The molecule has 0 spiro atoms. The fourth-order valence-electron chi connectivity index (χ4n) is 4.56. The van der Waals surface area contributed by atoms with Crippen molar-refractivity contribution in [1.29, 1.82) is 21.0 Å². The van der Waals surface area contributed by atoms with E-state index in [1.807, 2.05) is 72.8 Å². The molecule has 0 N–H and O–H groups in total. The molecule has 44 heavy (non-hydrogen) atoms. The SMILES string of the molecule is N#CC(C#N)=C(C(=C(C#N)C#N)c1ccc(N=Nc2ccc(N(c3ccccc3)c3ccccc3)s2)cc1)c1ccccc1. The zero-order valence-electron chi connectivity index (χ0n) is 23.2. The zero-order chi connectivity index (χ0) is 30.7. The first-order valence-electron chi connectivity index (χ1n) is 13.3. The van der Waals surface area contributed by atoms with Crippen LogP contribution in [0.2, 0.25) is 0 Å². The van der Waals surface area contributed by atoms with Gasteiger partial charge in [0.15, 0.2) is 0 Å². The lowest BCUT2D eigenvalue weighted by Gasteiger charge is -2.23. The molecule has 0 aliphatic heterocycles. The molecular formula is C36H21N7S. The van der Waals surface area contributed by atoms with E-state index in [1.54, 1.807) is 54.6 Å². The topological polar surface area (TPSA) is 123 Å². The first kappa shape index (κ1) is 28.9. The third kappa shape index (κ3) is 6.33. The monoisotopic (exact) mass is 583 g/mol. The summed E-state index contributed by atoms with van der Waals surface area (Å²) in [7, 11) is 0. The van der Waals surface area contributed by atoms with Gasteiger partial charge in [0.1, 0.15) is 45.4 Å². The van der Waals surface area contributed by atoms with Crippen molar-refractivity contribution in [3.63, 3.8) is 0 Å². The molecule has 0 aliphatic rings. The van der Waals surface area contributed by atoms with Gasteiger partial charge in [-0.25, -0.2) is 0 Å². The Balaban J connectivity index is 1.47. The predicted octanol–water partition coefficient (Wildman–Crippen LogP) is 9.94. The van der Waals surface area contributed by atoms with Gasteiger partial charge in [-0.3, -0.25) is 0 Å². The highest BCUT2D eigenvalue weighted by Crippen LogP contribution is 2.42. The van der Waals surface area contributed by atoms with E-state index in [0.717, 1.165) is 16.4 Å². The molecule has 7 nitrogen and oxygen atoms in total. The van der Waals surface area contributed by atoms with Crippen LogP contribution < -0.4 is 4.90 Å². The molecular weight excluding hydrogens is 563 g/mol. The molecule has 1 heterocycles. The average molecular weight is 584 g/mol. The molecule has 0 saturated carbocycles. The van der Waals surface area contributed by atoms with Gasteiger partial charge in [-0.15, -0.1) is 10.2 Å². The highest BCUT2D eigenvalue weighted by atomic mass is 32.1. The van der Waals surface area contributed by atoms with Crippen molar-refractivity contribution < 1.29 is 0 Å². The number of azo groups is 1. The summed E-state index contributed by atoms with van der Waals surface area (Å²) in [6.45, 7) is 0. The molecule has 0 saturated heterocycles. The molecule has 0 unspecified atom stereocenters. The molecule has 0 atom stereocenters. The minimum Gasteiger partial charge on any atom is -0.302 e. The Labute approximate surface area is 259 Å². The lowest BCUT2D eigenvalue weighted by molar-refractivity contribution is 1.25. The van der Waals surface area contributed by atoms with Gasteiger partial charge in [-0.2, -0.15) is 21.0 Å². The highest BCUT2D eigenvalue weighted by Gasteiger charge is 2.21. The summed E-state index contributed by atoms with van der Waals surface area (Å²) < 4.78 is 0. The summed E-state index contributed by atoms with van der Waals surface area (Å²) in [6.07, 6.45) is 0. The Hall–Kier alpha value is -6.58. The number of rotatable bonds is 8. The number of anilines is 3. The van der Waals surface area contributed by atoms with Crippen molar-refractivity contribution in [2.75, 3.05) is 4.90 Å². The highest BCUT2D eigenvalue weighted by molar-refractivity contribution is 7.19. The smallest absolute Gasteiger partial charge is 0.140 e. The number of para-hydroxylation sites is 2. The van der Waals surface area contributed by atoms with Crippen molar-refractivity contribution in [2.24, 2.45) is 10.2 Å². The molecule has 1 aromatic heterocycles. The normalized spacial score (nSPS) is 10.1. The van der Waals surface area contributed by atoms with Crippen LogP contribution in [0.1, 0.15) is 11.1 Å². The third-order valence-corrected chi connectivity index (χ3v) is 7.46. The Morgan fingerprint density at radius 1 is 0.500 bits per heavy atom. The number of allylic oxidation sites excluding steroid dienone is 4. The number of nitrogens with zero attached hydrogens (tertiary/aromatic N) is 7. The summed E-state index contributed by atoms with van der Waals surface area (Å²) in [4.78, 5) is 2.16. The van der Waals surface area contributed by atoms with Gasteiger partial charge in [-0.05, 0) is 59.7 Å². The molecule has 5 rings (SSSR count). The number of hydrogen-bond donors (Lipinski definition) is 0. The van der Waals surface area contributed by atoms with Crippen LogP contribution >= 0.6 is 11.3 Å². The van der Waals surface area contributed by atoms with E-state index >= 15 is 0 Å². The van der Waals surface area contributed by atoms with Crippen LogP contribution in [0.25, 0.3) is 11.1 Å². The lowest BCUT2D eigenvalue weighted by Crippen LogP contribution is -2.07. The maximum absolute atomic E-state index is 9.78. The van der Waals surface area contributed by atoms with Gasteiger partial charge < -0.3 is 4.90 Å². The van der Waals surface area contributed by atoms with Gasteiger partial charge in [0.2, 0.25) is 0 Å². The zero-order valence-corrected chi connectivity index (χ0v) is 24.0. The van der Waals surface area contributed by atoms with Gasteiger partial charge in [0, 0.05) is 22.5 Å². The fraction of sp³-hybridized carbons (Fsp3) is 0. The van der Waals surface area contributed by atoms with Crippen molar-refractivity contribution in [2.45, 2.75) is 0 Å². The first-order chi connectivity index (χ1) is 21.7. The van der Waals surface area contributed by atoms with Crippen LogP contribution in [0.3, 0.4) is 0 Å². The van der Waals surface area contributed by atoms with Crippen LogP contribution in [-0.2, 0) is 0 Å². The minimum atomic E-state index is -0.214. The first-order valence-corrected chi connectivity index (χ1v) is 14.2. The molecule has 0 amide bonds. The van der Waals surface area contributed by atoms with Gasteiger partial charge in [0.05, 0.1) is 5.69 Å². The van der Waals surface area contributed by atoms with Crippen LogP contribution in [-0.4, -0.2) is 0 Å². The number of benzene rings is 4. The number of thiophene rings is 1. The summed E-state index contributed by atoms with van der Waals surface area (Å²) in [5.74, 6) is 0. The van der Waals surface area contributed by atoms with Gasteiger partial charge in [0.25, 0.3) is 0 Å². The maximum Gasteiger partial charge on any atom is 0.140 e. The number of nitriles is 4. The maximum atomic E-state index is 9.78. The van der Waals surface area contributed by atoms with E-state index in [0.29, 0.717) is 21.8 Å². The number of hydrogen-bond acceptors (Lipinski definition) is 8. The second-order valence-corrected chi connectivity index (χ2v) is 10.2. The van der Waals surface area contributed by atoms with E-state index in [4.69, 9.17) is 0 Å². The molecule has 206 valence electrons. The Morgan fingerprint density at radius 2 is 0.955 bits per heavy atom. The quantitative estimate of drug-likeness (QED) is 0.102. The van der Waals surface area contributed by atoms with E-state index in [1.165, 1.54) is 11.3 Å².